The van der Waals surface area contributed by atoms with Crippen LogP contribution in [-0.2, 0) is 4.79 Å². The molecule has 1 aromatic heterocycles. The van der Waals surface area contributed by atoms with E-state index >= 15 is 0 Å². The molecule has 1 aromatic rings. The van der Waals surface area contributed by atoms with Crippen LogP contribution in [0.3, 0.4) is 0 Å². The number of nitrogens with zero attached hydrogens (tertiary/aromatic N) is 3. The lowest BCUT2D eigenvalue weighted by Crippen LogP contribution is -2.11. The van der Waals surface area contributed by atoms with Crippen molar-refractivity contribution < 1.29 is 14.6 Å². The number of carbonyl (C=O) groups is 1. The number of carboxylic acid groups (broad SMARTS) is 1. The Morgan fingerprint density at radius 3 is 2.73 bits per heavy atom. The summed E-state index contributed by atoms with van der Waals surface area (Å²) in [5, 5.41) is 8.18. The molecule has 0 fully saturated rings. The van der Waals surface area contributed by atoms with E-state index in [4.69, 9.17) is 5.11 Å². The fourth-order valence-corrected chi connectivity index (χ4v) is 0.429. The number of ether oxygens (including phenoxy) is 1. The highest BCUT2D eigenvalue weighted by Crippen LogP contribution is 1.94. The van der Waals surface area contributed by atoms with Crippen molar-refractivity contribution in [1.82, 2.24) is 15.0 Å². The molecular weight excluding hydrogens is 150 g/mol. The van der Waals surface area contributed by atoms with Gasteiger partial charge < -0.3 is 9.84 Å². The van der Waals surface area contributed by atoms with E-state index in [9.17, 15) is 4.79 Å². The van der Waals surface area contributed by atoms with E-state index in [0.29, 0.717) is 0 Å². The third-order valence-electron chi connectivity index (χ3n) is 0.794. The standard InChI is InChI=1S/C5H5N3O3/c9-4(10)1-11-5-7-2-6-3-8-5/h2-3H,1H2,(H,9,10). The predicted octanol–water partition coefficient (Wildman–Crippen LogP) is -0.665. The van der Waals surface area contributed by atoms with Gasteiger partial charge in [-0.1, -0.05) is 0 Å². The van der Waals surface area contributed by atoms with Crippen LogP contribution >= 0.6 is 0 Å². The van der Waals surface area contributed by atoms with Crippen molar-refractivity contribution in [1.29, 1.82) is 0 Å². The van der Waals surface area contributed by atoms with Gasteiger partial charge in [-0.3, -0.25) is 0 Å². The van der Waals surface area contributed by atoms with Crippen LogP contribution < -0.4 is 4.74 Å². The topological polar surface area (TPSA) is 85.2 Å². The van der Waals surface area contributed by atoms with Gasteiger partial charge >= 0.3 is 12.0 Å². The van der Waals surface area contributed by atoms with Crippen molar-refractivity contribution in [2.24, 2.45) is 0 Å². The van der Waals surface area contributed by atoms with E-state index in [0.717, 1.165) is 0 Å². The molecule has 6 heteroatoms. The second-order valence-corrected chi connectivity index (χ2v) is 1.60. The molecule has 1 rings (SSSR count). The molecule has 0 saturated carbocycles. The Morgan fingerprint density at radius 1 is 1.55 bits per heavy atom. The van der Waals surface area contributed by atoms with Gasteiger partial charge in [0.2, 0.25) is 0 Å². The largest absolute Gasteiger partial charge is 0.479 e. The summed E-state index contributed by atoms with van der Waals surface area (Å²) in [5.74, 6) is -1.06. The van der Waals surface area contributed by atoms with Gasteiger partial charge in [-0.2, -0.15) is 9.97 Å². The van der Waals surface area contributed by atoms with Crippen LogP contribution in [0.15, 0.2) is 12.7 Å². The Morgan fingerprint density at radius 2 is 2.18 bits per heavy atom. The molecule has 0 unspecified atom stereocenters. The molecule has 0 spiro atoms. The maximum Gasteiger partial charge on any atom is 0.341 e. The zero-order valence-electron chi connectivity index (χ0n) is 5.47. The lowest BCUT2D eigenvalue weighted by Gasteiger charge is -1.96. The summed E-state index contributed by atoms with van der Waals surface area (Å²) >= 11 is 0. The van der Waals surface area contributed by atoms with E-state index in [2.05, 4.69) is 19.7 Å². The number of carboxylic acids is 1. The molecule has 1 N–H and O–H groups in total. The lowest BCUT2D eigenvalue weighted by molar-refractivity contribution is -0.139. The minimum atomic E-state index is -1.06. The van der Waals surface area contributed by atoms with Crippen LogP contribution in [0, 0.1) is 0 Å². The highest BCUT2D eigenvalue weighted by atomic mass is 16.5. The summed E-state index contributed by atoms with van der Waals surface area (Å²) in [7, 11) is 0. The summed E-state index contributed by atoms with van der Waals surface area (Å²) in [6, 6.07) is 0.0161. The molecular formula is C5H5N3O3. The zero-order valence-corrected chi connectivity index (χ0v) is 5.47. The van der Waals surface area contributed by atoms with Gasteiger partial charge in [-0.15, -0.1) is 0 Å². The monoisotopic (exact) mass is 155 g/mol. The molecule has 0 aliphatic carbocycles. The summed E-state index contributed by atoms with van der Waals surface area (Å²) in [6.45, 7) is -0.440. The quantitative estimate of drug-likeness (QED) is 0.623. The molecule has 0 radical (unpaired) electrons. The minimum absolute atomic E-state index is 0.0161. The molecule has 0 saturated heterocycles. The summed E-state index contributed by atoms with van der Waals surface area (Å²) in [6.07, 6.45) is 2.45. The van der Waals surface area contributed by atoms with Gasteiger partial charge in [-0.05, 0) is 0 Å². The third kappa shape index (κ3) is 2.57. The second kappa shape index (κ2) is 3.45. The second-order valence-electron chi connectivity index (χ2n) is 1.60. The molecule has 11 heavy (non-hydrogen) atoms. The SMILES string of the molecule is O=C(O)COc1ncncn1. The highest BCUT2D eigenvalue weighted by Gasteiger charge is 1.99. The average molecular weight is 155 g/mol. The van der Waals surface area contributed by atoms with Crippen molar-refractivity contribution >= 4 is 5.97 Å². The predicted molar refractivity (Wildman–Crippen MR) is 33.0 cm³/mol. The third-order valence-corrected chi connectivity index (χ3v) is 0.794. The Kier molecular flexibility index (Phi) is 2.32. The number of aromatic nitrogens is 3. The fraction of sp³-hybridized carbons (Fsp3) is 0.200. The minimum Gasteiger partial charge on any atom is -0.479 e. The first-order valence-corrected chi connectivity index (χ1v) is 2.75. The van der Waals surface area contributed by atoms with Crippen LogP contribution in [0.1, 0.15) is 0 Å². The molecule has 0 bridgehead atoms. The van der Waals surface area contributed by atoms with Crippen molar-refractivity contribution in [2.45, 2.75) is 0 Å². The number of hydrogen-bond donors (Lipinski definition) is 1. The van der Waals surface area contributed by atoms with Crippen LogP contribution in [0.4, 0.5) is 0 Å². The van der Waals surface area contributed by atoms with Crippen LogP contribution in [0.2, 0.25) is 0 Å². The zero-order chi connectivity index (χ0) is 8.10. The first-order chi connectivity index (χ1) is 5.29. The summed E-state index contributed by atoms with van der Waals surface area (Å²) < 4.78 is 4.61. The maximum absolute atomic E-state index is 9.98. The van der Waals surface area contributed by atoms with E-state index < -0.39 is 12.6 Å². The van der Waals surface area contributed by atoms with E-state index in [1.807, 2.05) is 0 Å². The van der Waals surface area contributed by atoms with E-state index in [1.54, 1.807) is 0 Å². The number of rotatable bonds is 3. The van der Waals surface area contributed by atoms with Gasteiger partial charge in [0.15, 0.2) is 6.61 Å². The normalized spacial score (nSPS) is 9.09. The van der Waals surface area contributed by atoms with Gasteiger partial charge in [0.25, 0.3) is 0 Å². The Bertz CT molecular complexity index is 238. The van der Waals surface area contributed by atoms with Crippen molar-refractivity contribution in [3.05, 3.63) is 12.7 Å². The summed E-state index contributed by atoms with van der Waals surface area (Å²) in [4.78, 5) is 20.6. The van der Waals surface area contributed by atoms with E-state index in [-0.39, 0.29) is 6.01 Å². The van der Waals surface area contributed by atoms with Crippen LogP contribution in [0.25, 0.3) is 0 Å². The Labute approximate surface area is 61.9 Å². The molecule has 1 heterocycles. The number of aliphatic carboxylic acids is 1. The molecule has 0 aliphatic rings. The van der Waals surface area contributed by atoms with Crippen LogP contribution in [-0.4, -0.2) is 32.6 Å². The first-order valence-electron chi connectivity index (χ1n) is 2.75. The van der Waals surface area contributed by atoms with Gasteiger partial charge in [-0.25, -0.2) is 9.78 Å². The van der Waals surface area contributed by atoms with Crippen molar-refractivity contribution in [3.8, 4) is 6.01 Å². The fourth-order valence-electron chi connectivity index (χ4n) is 0.429. The molecule has 0 aliphatic heterocycles. The average Bonchev–Trinajstić information content (AvgIpc) is 2.03. The molecule has 0 aromatic carbocycles. The molecule has 0 amide bonds. The smallest absolute Gasteiger partial charge is 0.341 e. The highest BCUT2D eigenvalue weighted by molar-refractivity contribution is 5.68. The Hall–Kier alpha value is -1.72. The molecule has 6 nitrogen and oxygen atoms in total. The lowest BCUT2D eigenvalue weighted by atomic mass is 10.7. The van der Waals surface area contributed by atoms with Gasteiger partial charge in [0.05, 0.1) is 0 Å². The van der Waals surface area contributed by atoms with Crippen molar-refractivity contribution in [2.75, 3.05) is 6.61 Å². The number of hydrogen-bond acceptors (Lipinski definition) is 5. The van der Waals surface area contributed by atoms with Gasteiger partial charge in [0.1, 0.15) is 12.7 Å². The molecule has 58 valence electrons. The van der Waals surface area contributed by atoms with Gasteiger partial charge in [0, 0.05) is 0 Å². The summed E-state index contributed by atoms with van der Waals surface area (Å²) in [5.41, 5.74) is 0. The van der Waals surface area contributed by atoms with E-state index in [1.165, 1.54) is 12.7 Å². The van der Waals surface area contributed by atoms with Crippen molar-refractivity contribution in [3.63, 3.8) is 0 Å². The Balaban J connectivity index is 2.45. The molecule has 0 atom stereocenters. The first kappa shape index (κ1) is 7.39. The maximum atomic E-state index is 9.98. The van der Waals surface area contributed by atoms with Crippen LogP contribution in [0.5, 0.6) is 6.01 Å².